The van der Waals surface area contributed by atoms with Crippen LogP contribution >= 0.6 is 0 Å². The van der Waals surface area contributed by atoms with Gasteiger partial charge in [-0.1, -0.05) is 23.8 Å². The van der Waals surface area contributed by atoms with Crippen molar-refractivity contribution >= 4 is 29.1 Å². The minimum Gasteiger partial charge on any atom is -0.508 e. The topological polar surface area (TPSA) is 190 Å². The van der Waals surface area contributed by atoms with E-state index in [2.05, 4.69) is 5.32 Å². The molecule has 5 rings (SSSR count). The average Bonchev–Trinajstić information content (AvgIpc) is 2.90. The Balaban J connectivity index is 1.57. The lowest BCUT2D eigenvalue weighted by molar-refractivity contribution is -0.153. The number of ketones is 2. The molecule has 3 aliphatic rings. The highest BCUT2D eigenvalue weighted by atomic mass is 16.3. The number of nitrogens with two attached hydrogens (primary N) is 1. The van der Waals surface area contributed by atoms with Crippen LogP contribution in [0, 0.1) is 18.8 Å². The van der Waals surface area contributed by atoms with Crippen molar-refractivity contribution in [1.29, 1.82) is 0 Å². The number of primary amides is 1. The van der Waals surface area contributed by atoms with Crippen LogP contribution in [0.2, 0.25) is 0 Å². The Morgan fingerprint density at radius 1 is 1.07 bits per heavy atom. The minimum absolute atomic E-state index is 0.0173. The van der Waals surface area contributed by atoms with Crippen LogP contribution in [0.15, 0.2) is 53.3 Å². The van der Waals surface area contributed by atoms with Crippen molar-refractivity contribution in [1.82, 2.24) is 10.2 Å². The van der Waals surface area contributed by atoms with Crippen molar-refractivity contribution in [3.8, 4) is 5.75 Å². The molecule has 214 valence electrons. The first kappa shape index (κ1) is 28.1. The van der Waals surface area contributed by atoms with Gasteiger partial charge in [-0.15, -0.1) is 0 Å². The lowest BCUT2D eigenvalue weighted by Crippen LogP contribution is -2.65. The average molecular weight is 562 g/mol. The van der Waals surface area contributed by atoms with Crippen LogP contribution in [-0.2, 0) is 27.3 Å². The molecule has 0 heterocycles. The molecule has 4 atom stereocenters. The second-order valence-electron chi connectivity index (χ2n) is 11.1. The van der Waals surface area contributed by atoms with Gasteiger partial charge in [-0.25, -0.2) is 0 Å². The molecule has 41 heavy (non-hydrogen) atoms. The molecule has 2 amide bonds. The predicted octanol–water partition coefficient (Wildman–Crippen LogP) is 1.20. The summed E-state index contributed by atoms with van der Waals surface area (Å²) < 4.78 is 0. The summed E-state index contributed by atoms with van der Waals surface area (Å²) in [7, 11) is 3.08. The van der Waals surface area contributed by atoms with Crippen LogP contribution < -0.4 is 11.1 Å². The molecular formula is C30H31N3O8. The fraction of sp³-hybridized carbons (Fsp3) is 0.333. The van der Waals surface area contributed by atoms with Crippen molar-refractivity contribution in [2.75, 3.05) is 14.1 Å². The number of carbonyl (C=O) groups excluding carboxylic acids is 4. The number of likely N-dealkylation sites (N-methyl/N-ethyl adjacent to an activating group) is 1. The molecule has 2 aromatic carbocycles. The summed E-state index contributed by atoms with van der Waals surface area (Å²) in [5, 5.41) is 47.5. The van der Waals surface area contributed by atoms with Crippen LogP contribution in [-0.4, -0.2) is 74.4 Å². The van der Waals surface area contributed by atoms with Crippen molar-refractivity contribution in [2.24, 2.45) is 17.6 Å². The highest BCUT2D eigenvalue weighted by Crippen LogP contribution is 2.52. The highest BCUT2D eigenvalue weighted by Gasteiger charge is 2.64. The van der Waals surface area contributed by atoms with E-state index in [1.54, 1.807) is 32.3 Å². The van der Waals surface area contributed by atoms with E-state index in [1.807, 2.05) is 19.1 Å². The number of rotatable bonds is 5. The molecule has 4 unspecified atom stereocenters. The lowest BCUT2D eigenvalue weighted by Gasteiger charge is -2.50. The fourth-order valence-electron chi connectivity index (χ4n) is 6.46. The number of aryl methyl sites for hydroxylation is 1. The first-order valence-electron chi connectivity index (χ1n) is 13.1. The summed E-state index contributed by atoms with van der Waals surface area (Å²) in [6, 6.07) is 8.82. The Kier molecular flexibility index (Phi) is 6.75. The molecule has 7 N–H and O–H groups in total. The number of amides is 2. The maximum Gasteiger partial charge on any atom is 0.255 e. The molecule has 0 spiro atoms. The Bertz CT molecular complexity index is 1570. The molecule has 3 aliphatic carbocycles. The van der Waals surface area contributed by atoms with Gasteiger partial charge in [0.2, 0.25) is 5.78 Å². The van der Waals surface area contributed by atoms with Crippen LogP contribution in [0.5, 0.6) is 5.75 Å². The number of aliphatic hydroxyl groups excluding tert-OH is 2. The predicted molar refractivity (Wildman–Crippen MR) is 147 cm³/mol. The normalized spacial score (nSPS) is 25.5. The molecule has 11 nitrogen and oxygen atoms in total. The van der Waals surface area contributed by atoms with Gasteiger partial charge in [-0.3, -0.25) is 24.1 Å². The van der Waals surface area contributed by atoms with E-state index in [4.69, 9.17) is 5.73 Å². The monoisotopic (exact) mass is 561 g/mol. The van der Waals surface area contributed by atoms with E-state index < -0.39 is 58.0 Å². The quantitative estimate of drug-likeness (QED) is 0.291. The Morgan fingerprint density at radius 3 is 2.34 bits per heavy atom. The lowest BCUT2D eigenvalue weighted by atomic mass is 9.57. The van der Waals surface area contributed by atoms with Crippen molar-refractivity contribution < 1.29 is 39.6 Å². The van der Waals surface area contributed by atoms with E-state index in [1.165, 1.54) is 11.0 Å². The zero-order chi connectivity index (χ0) is 30.0. The maximum atomic E-state index is 13.9. The number of hydrogen-bond donors (Lipinski definition) is 6. The van der Waals surface area contributed by atoms with Crippen LogP contribution in [0.25, 0.3) is 5.76 Å². The summed E-state index contributed by atoms with van der Waals surface area (Å²) in [4.78, 5) is 53.4. The third kappa shape index (κ3) is 4.20. The number of phenols is 1. The molecule has 11 heteroatoms. The molecule has 0 bridgehead atoms. The number of nitrogens with one attached hydrogen (secondary N) is 1. The molecular weight excluding hydrogens is 530 g/mol. The van der Waals surface area contributed by atoms with Crippen molar-refractivity contribution in [3.63, 3.8) is 0 Å². The van der Waals surface area contributed by atoms with Gasteiger partial charge < -0.3 is 31.5 Å². The largest absolute Gasteiger partial charge is 0.508 e. The molecule has 1 fully saturated rings. The number of fused-ring (bicyclic) bond motifs is 3. The molecule has 0 aromatic heterocycles. The number of hydrogen-bond acceptors (Lipinski definition) is 9. The van der Waals surface area contributed by atoms with Crippen LogP contribution in [0.3, 0.4) is 0 Å². The number of nitrogens with zero attached hydrogens (tertiary/aromatic N) is 1. The van der Waals surface area contributed by atoms with Gasteiger partial charge in [-0.05, 0) is 69.1 Å². The van der Waals surface area contributed by atoms with Crippen molar-refractivity contribution in [2.45, 2.75) is 38.0 Å². The zero-order valence-electron chi connectivity index (χ0n) is 22.8. The van der Waals surface area contributed by atoms with Crippen LogP contribution in [0.4, 0.5) is 0 Å². The van der Waals surface area contributed by atoms with Crippen molar-refractivity contribution in [3.05, 3.63) is 81.1 Å². The van der Waals surface area contributed by atoms with E-state index in [0.29, 0.717) is 16.7 Å². The Hall–Kier alpha value is -4.48. The minimum atomic E-state index is -2.69. The van der Waals surface area contributed by atoms with E-state index in [0.717, 1.165) is 5.56 Å². The first-order chi connectivity index (χ1) is 19.3. The van der Waals surface area contributed by atoms with Gasteiger partial charge in [0.05, 0.1) is 11.6 Å². The van der Waals surface area contributed by atoms with Gasteiger partial charge in [-0.2, -0.15) is 0 Å². The van der Waals surface area contributed by atoms with E-state index >= 15 is 0 Å². The first-order valence-corrected chi connectivity index (χ1v) is 13.1. The van der Waals surface area contributed by atoms with E-state index in [-0.39, 0.29) is 42.2 Å². The summed E-state index contributed by atoms with van der Waals surface area (Å²) in [5.41, 5.74) is 4.10. The number of aromatic hydroxyl groups is 1. The van der Waals surface area contributed by atoms with Gasteiger partial charge in [0, 0.05) is 23.6 Å². The zero-order valence-corrected chi connectivity index (χ0v) is 22.8. The molecule has 1 saturated carbocycles. The highest BCUT2D eigenvalue weighted by molar-refractivity contribution is 6.24. The van der Waals surface area contributed by atoms with Crippen LogP contribution in [0.1, 0.15) is 39.0 Å². The van der Waals surface area contributed by atoms with Gasteiger partial charge in [0.25, 0.3) is 11.8 Å². The Labute approximate surface area is 235 Å². The second kappa shape index (κ2) is 9.86. The maximum absolute atomic E-state index is 13.9. The van der Waals surface area contributed by atoms with Gasteiger partial charge in [0.1, 0.15) is 22.8 Å². The third-order valence-electron chi connectivity index (χ3n) is 8.45. The molecule has 0 saturated heterocycles. The van der Waals surface area contributed by atoms with Gasteiger partial charge >= 0.3 is 0 Å². The number of Topliss-reactive ketones (excluding diaryl/α,β-unsaturated/α-hetero) is 2. The second-order valence-corrected chi connectivity index (χ2v) is 11.1. The van der Waals surface area contributed by atoms with Gasteiger partial charge in [0.15, 0.2) is 11.4 Å². The standard InChI is InChI=1S/C30H31N3O8/c1-13-4-6-14(7-5-13)29(40)32-12-15-8-9-19(34)21-17(15)10-16-11-18-23(33(2)3)25(36)22(28(31)39)27(38)30(18,41)26(37)20(16)24(21)35/h4-9,16,18,23,34-35,38,41H,10-12H2,1-3H3,(H2,31,39)(H,32,40). The summed E-state index contributed by atoms with van der Waals surface area (Å²) >= 11 is 0. The fourth-order valence-corrected chi connectivity index (χ4v) is 6.46. The SMILES string of the molecule is Cc1ccc(C(=O)NCc2ccc(O)c3c2CC2CC4C(N(C)C)C(=O)C(C(N)=O)=C(O)C4(O)C(=O)C2=C3O)cc1. The number of carbonyl (C=O) groups is 4. The molecule has 2 aromatic rings. The summed E-state index contributed by atoms with van der Waals surface area (Å²) in [5.74, 6) is -7.39. The summed E-state index contributed by atoms with van der Waals surface area (Å²) in [6.07, 6.45) is 0.120. The number of aliphatic hydroxyl groups is 3. The number of benzene rings is 2. The van der Waals surface area contributed by atoms with E-state index in [9.17, 15) is 39.6 Å². The molecule has 0 radical (unpaired) electrons. The number of phenolic OH excluding ortho intramolecular Hbond substituents is 1. The summed E-state index contributed by atoms with van der Waals surface area (Å²) in [6.45, 7) is 1.98. The molecule has 0 aliphatic heterocycles. The third-order valence-corrected chi connectivity index (χ3v) is 8.45. The Morgan fingerprint density at radius 2 is 1.73 bits per heavy atom. The smallest absolute Gasteiger partial charge is 0.255 e.